The van der Waals surface area contributed by atoms with Gasteiger partial charge in [-0.25, -0.2) is 0 Å². The molecule has 2 heterocycles. The Balaban J connectivity index is 1.60. The Kier molecular flexibility index (Phi) is 2.94. The lowest BCUT2D eigenvalue weighted by molar-refractivity contribution is -0.144. The van der Waals surface area contributed by atoms with Gasteiger partial charge in [-0.15, -0.1) is 0 Å². The van der Waals surface area contributed by atoms with Crippen molar-refractivity contribution in [2.75, 3.05) is 30.2 Å². The van der Waals surface area contributed by atoms with Crippen molar-refractivity contribution in [2.45, 2.75) is 19.3 Å². The fourth-order valence-corrected chi connectivity index (χ4v) is 4.81. The Bertz CT molecular complexity index is 674. The summed E-state index contributed by atoms with van der Waals surface area (Å²) < 4.78 is 25.8. The lowest BCUT2D eigenvalue weighted by atomic mass is 9.72. The van der Waals surface area contributed by atoms with Crippen LogP contribution in [0.25, 0.3) is 0 Å². The second-order valence-corrected chi connectivity index (χ2v) is 8.95. The van der Waals surface area contributed by atoms with Crippen molar-refractivity contribution < 1.29 is 13.6 Å². The third kappa shape index (κ3) is 2.25. The average Bonchev–Trinajstić information content (AvgIpc) is 3.26. The minimum absolute atomic E-state index is 0.109. The number of likely N-dealkylation sites (tertiary alicyclic amines) is 1. The molecule has 0 N–H and O–H groups in total. The highest BCUT2D eigenvalue weighted by Crippen LogP contribution is 2.45. The summed E-state index contributed by atoms with van der Waals surface area (Å²) in [5.41, 5.74) is 1.75. The zero-order valence-electron chi connectivity index (χ0n) is 12.7. The van der Waals surface area contributed by atoms with Crippen molar-refractivity contribution in [1.82, 2.24) is 4.90 Å². The van der Waals surface area contributed by atoms with Gasteiger partial charge < -0.3 is 9.45 Å². The SMILES string of the molecule is C[S+](=O)([O-])N1CC2(Cc3ccccc31)CN(C(=O)C1CC1)C2. The zero-order chi connectivity index (χ0) is 15.5. The largest absolute Gasteiger partial charge is 0.593 e. The molecular formula is C16H20N2O3S. The van der Waals surface area contributed by atoms with Gasteiger partial charge in [0.05, 0.1) is 12.2 Å². The first-order valence-electron chi connectivity index (χ1n) is 7.72. The molecule has 2 fully saturated rings. The molecule has 1 spiro atoms. The maximum Gasteiger partial charge on any atom is 0.225 e. The van der Waals surface area contributed by atoms with Gasteiger partial charge in [-0.3, -0.25) is 4.79 Å². The summed E-state index contributed by atoms with van der Waals surface area (Å²) in [7, 11) is -3.30. The van der Waals surface area contributed by atoms with Crippen molar-refractivity contribution in [3.05, 3.63) is 29.8 Å². The number of hydrogen-bond acceptors (Lipinski definition) is 3. The summed E-state index contributed by atoms with van der Waals surface area (Å²) in [6, 6.07) is 7.69. The Morgan fingerprint density at radius 3 is 2.59 bits per heavy atom. The van der Waals surface area contributed by atoms with Crippen molar-refractivity contribution in [1.29, 1.82) is 0 Å². The molecule has 4 rings (SSSR count). The lowest BCUT2D eigenvalue weighted by Crippen LogP contribution is -2.66. The van der Waals surface area contributed by atoms with E-state index in [4.69, 9.17) is 0 Å². The fraction of sp³-hybridized carbons (Fsp3) is 0.562. The van der Waals surface area contributed by atoms with E-state index in [0.717, 1.165) is 30.5 Å². The van der Waals surface area contributed by atoms with Crippen LogP contribution in [-0.2, 0) is 25.8 Å². The summed E-state index contributed by atoms with van der Waals surface area (Å²) in [5, 5.41) is 0. The number of fused-ring (bicyclic) bond motifs is 1. The van der Waals surface area contributed by atoms with Crippen LogP contribution in [0.5, 0.6) is 0 Å². The number of hydrogen-bond donors (Lipinski definition) is 0. The molecule has 118 valence electrons. The number of nitrogens with zero attached hydrogens (tertiary/aromatic N) is 2. The summed E-state index contributed by atoms with van der Waals surface area (Å²) in [4.78, 5) is 14.0. The summed E-state index contributed by atoms with van der Waals surface area (Å²) >= 11 is 0. The number of carbonyl (C=O) groups is 1. The lowest BCUT2D eigenvalue weighted by Gasteiger charge is -2.54. The number of sulfonamides is 1. The molecule has 3 aliphatic rings. The summed E-state index contributed by atoms with van der Waals surface area (Å²) in [5.74, 6) is 0.495. The van der Waals surface area contributed by atoms with Crippen LogP contribution in [0.2, 0.25) is 0 Å². The highest BCUT2D eigenvalue weighted by atomic mass is 32.3. The molecule has 2 aliphatic heterocycles. The second-order valence-electron chi connectivity index (χ2n) is 7.04. The highest BCUT2D eigenvalue weighted by Gasteiger charge is 2.53. The number of para-hydroxylation sites is 1. The Morgan fingerprint density at radius 1 is 1.27 bits per heavy atom. The van der Waals surface area contributed by atoms with Gasteiger partial charge in [-0.05, 0) is 30.9 Å². The predicted octanol–water partition coefficient (Wildman–Crippen LogP) is 1.46. The van der Waals surface area contributed by atoms with Crippen LogP contribution in [-0.4, -0.2) is 41.2 Å². The van der Waals surface area contributed by atoms with E-state index >= 15 is 0 Å². The molecule has 1 aliphatic carbocycles. The third-order valence-corrected chi connectivity index (χ3v) is 6.12. The van der Waals surface area contributed by atoms with Gasteiger partial charge in [0.15, 0.2) is 0 Å². The quantitative estimate of drug-likeness (QED) is 0.775. The van der Waals surface area contributed by atoms with E-state index in [9.17, 15) is 13.6 Å². The van der Waals surface area contributed by atoms with E-state index in [1.165, 1.54) is 10.6 Å². The minimum Gasteiger partial charge on any atom is -0.593 e. The average molecular weight is 320 g/mol. The molecule has 0 aromatic heterocycles. The molecule has 22 heavy (non-hydrogen) atoms. The van der Waals surface area contributed by atoms with Gasteiger partial charge in [0.2, 0.25) is 5.91 Å². The first-order chi connectivity index (χ1) is 10.4. The van der Waals surface area contributed by atoms with Crippen molar-refractivity contribution >= 4 is 22.0 Å². The molecule has 1 aromatic carbocycles. The molecule has 1 amide bonds. The van der Waals surface area contributed by atoms with Crippen molar-refractivity contribution in [2.24, 2.45) is 11.3 Å². The van der Waals surface area contributed by atoms with Gasteiger partial charge in [-0.2, -0.15) is 4.31 Å². The van der Waals surface area contributed by atoms with E-state index in [0.29, 0.717) is 19.6 Å². The van der Waals surface area contributed by atoms with Gasteiger partial charge in [0, 0.05) is 24.4 Å². The van der Waals surface area contributed by atoms with Crippen LogP contribution in [0.15, 0.2) is 24.3 Å². The molecule has 1 saturated heterocycles. The highest BCUT2D eigenvalue weighted by molar-refractivity contribution is 7.98. The van der Waals surface area contributed by atoms with Crippen molar-refractivity contribution in [3.63, 3.8) is 0 Å². The predicted molar refractivity (Wildman–Crippen MR) is 84.0 cm³/mol. The molecule has 6 heteroatoms. The molecule has 0 bridgehead atoms. The molecule has 1 unspecified atom stereocenters. The van der Waals surface area contributed by atoms with Gasteiger partial charge in [0.25, 0.3) is 0 Å². The van der Waals surface area contributed by atoms with Crippen LogP contribution in [0.3, 0.4) is 0 Å². The second kappa shape index (κ2) is 4.55. The standard InChI is InChI=1S/C16H20N2O3S/c1-22(20,21)18-11-16(8-13-4-2-3-5-14(13)18)9-17(10-16)15(19)12-6-7-12/h2-5,12H,6-11H2,1H3. The monoisotopic (exact) mass is 320 g/mol. The fourth-order valence-electron chi connectivity index (χ4n) is 3.77. The van der Waals surface area contributed by atoms with Crippen LogP contribution < -0.4 is 4.31 Å². The normalized spacial score (nSPS) is 25.4. The molecule has 5 nitrogen and oxygen atoms in total. The number of amides is 1. The van der Waals surface area contributed by atoms with E-state index in [-0.39, 0.29) is 17.2 Å². The van der Waals surface area contributed by atoms with Gasteiger partial charge in [-0.1, -0.05) is 22.4 Å². The van der Waals surface area contributed by atoms with Crippen molar-refractivity contribution in [3.8, 4) is 0 Å². The molecular weight excluding hydrogens is 300 g/mol. The topological polar surface area (TPSA) is 63.7 Å². The molecule has 1 atom stereocenters. The van der Waals surface area contributed by atoms with E-state index in [2.05, 4.69) is 0 Å². The van der Waals surface area contributed by atoms with E-state index in [1.54, 1.807) is 0 Å². The number of benzene rings is 1. The van der Waals surface area contributed by atoms with Crippen LogP contribution in [0.1, 0.15) is 18.4 Å². The van der Waals surface area contributed by atoms with E-state index < -0.39 is 10.4 Å². The summed E-state index contributed by atoms with van der Waals surface area (Å²) in [6.07, 6.45) is 4.14. The first kappa shape index (κ1) is 14.2. The first-order valence-corrected chi connectivity index (χ1v) is 9.57. The van der Waals surface area contributed by atoms with E-state index in [1.807, 2.05) is 29.2 Å². The summed E-state index contributed by atoms with van der Waals surface area (Å²) in [6.45, 7) is 1.85. The number of carbonyl (C=O) groups excluding carboxylic acids is 1. The van der Waals surface area contributed by atoms with Crippen LogP contribution in [0, 0.1) is 11.3 Å². The molecule has 1 aromatic rings. The van der Waals surface area contributed by atoms with Crippen LogP contribution in [0.4, 0.5) is 5.69 Å². The maximum absolute atomic E-state index is 12.2. The zero-order valence-corrected chi connectivity index (χ0v) is 13.5. The number of anilines is 1. The van der Waals surface area contributed by atoms with Gasteiger partial charge in [0.1, 0.15) is 16.7 Å². The third-order valence-electron chi connectivity index (χ3n) is 5.00. The van der Waals surface area contributed by atoms with Gasteiger partial charge >= 0.3 is 0 Å². The number of rotatable bonds is 2. The Labute approximate surface area is 131 Å². The molecule has 1 saturated carbocycles. The Morgan fingerprint density at radius 2 is 1.95 bits per heavy atom. The maximum atomic E-state index is 12.2. The van der Waals surface area contributed by atoms with Crippen LogP contribution >= 0.6 is 0 Å². The Hall–Kier alpha value is -1.40. The molecule has 0 radical (unpaired) electrons. The minimum atomic E-state index is -3.30. The smallest absolute Gasteiger partial charge is 0.225 e.